The van der Waals surface area contributed by atoms with Crippen LogP contribution in [0.4, 0.5) is 14.9 Å². The minimum absolute atomic E-state index is 0.141. The number of nitrogens with one attached hydrogen (secondary N) is 2. The highest BCUT2D eigenvalue weighted by Gasteiger charge is 2.27. The van der Waals surface area contributed by atoms with Gasteiger partial charge in [-0.05, 0) is 51.0 Å². The predicted molar refractivity (Wildman–Crippen MR) is 87.2 cm³/mol. The van der Waals surface area contributed by atoms with Gasteiger partial charge in [0.2, 0.25) is 10.0 Å². The molecule has 2 amide bonds. The minimum atomic E-state index is -3.29. The Morgan fingerprint density at radius 2 is 1.78 bits per heavy atom. The molecule has 0 saturated carbocycles. The van der Waals surface area contributed by atoms with Crippen molar-refractivity contribution < 1.29 is 17.6 Å². The van der Waals surface area contributed by atoms with Crippen molar-refractivity contribution in [1.29, 1.82) is 0 Å². The van der Waals surface area contributed by atoms with Crippen LogP contribution in [0.2, 0.25) is 0 Å². The molecule has 0 unspecified atom stereocenters. The van der Waals surface area contributed by atoms with Gasteiger partial charge in [0.05, 0.1) is 5.25 Å². The third kappa shape index (κ3) is 4.90. The van der Waals surface area contributed by atoms with Crippen LogP contribution >= 0.6 is 0 Å². The van der Waals surface area contributed by atoms with Crippen molar-refractivity contribution in [3.8, 4) is 0 Å². The lowest BCUT2D eigenvalue weighted by atomic mass is 10.1. The summed E-state index contributed by atoms with van der Waals surface area (Å²) in [5.74, 6) is -0.360. The second-order valence-corrected chi connectivity index (χ2v) is 8.18. The summed E-state index contributed by atoms with van der Waals surface area (Å²) < 4.78 is 39.2. The van der Waals surface area contributed by atoms with Gasteiger partial charge in [0.25, 0.3) is 0 Å². The molecule has 0 spiro atoms. The standard InChI is InChI=1S/C15H22FN3O3S/c1-11(2)23(21,22)18-14-7-9-19(10-8-14)15(20)17-13-5-3-12(16)4-6-13/h3-6,11,14,18H,7-10H2,1-2H3,(H,17,20). The topological polar surface area (TPSA) is 78.5 Å². The second-order valence-electron chi connectivity index (χ2n) is 5.91. The molecule has 2 N–H and O–H groups in total. The van der Waals surface area contributed by atoms with E-state index in [4.69, 9.17) is 0 Å². The van der Waals surface area contributed by atoms with Crippen LogP contribution in [0.5, 0.6) is 0 Å². The number of piperidine rings is 1. The fraction of sp³-hybridized carbons (Fsp3) is 0.533. The molecule has 0 bridgehead atoms. The number of halogens is 1. The number of nitrogens with zero attached hydrogens (tertiary/aromatic N) is 1. The Balaban J connectivity index is 1.84. The largest absolute Gasteiger partial charge is 0.324 e. The molecule has 1 aromatic carbocycles. The molecular weight excluding hydrogens is 321 g/mol. The van der Waals surface area contributed by atoms with E-state index in [1.807, 2.05) is 0 Å². The molecule has 0 aromatic heterocycles. The summed E-state index contributed by atoms with van der Waals surface area (Å²) in [6, 6.07) is 5.15. The van der Waals surface area contributed by atoms with E-state index in [9.17, 15) is 17.6 Å². The van der Waals surface area contributed by atoms with E-state index < -0.39 is 15.3 Å². The molecule has 0 aliphatic carbocycles. The van der Waals surface area contributed by atoms with Crippen molar-refractivity contribution >= 4 is 21.7 Å². The molecule has 0 radical (unpaired) electrons. The first-order valence-electron chi connectivity index (χ1n) is 7.60. The van der Waals surface area contributed by atoms with Crippen molar-refractivity contribution in [1.82, 2.24) is 9.62 Å². The number of likely N-dealkylation sites (tertiary alicyclic amines) is 1. The van der Waals surface area contributed by atoms with Gasteiger partial charge in [-0.3, -0.25) is 0 Å². The molecule has 0 atom stereocenters. The van der Waals surface area contributed by atoms with Crippen molar-refractivity contribution in [2.45, 2.75) is 38.0 Å². The monoisotopic (exact) mass is 343 g/mol. The van der Waals surface area contributed by atoms with Crippen molar-refractivity contribution in [3.05, 3.63) is 30.1 Å². The Kier molecular flexibility index (Phi) is 5.59. The van der Waals surface area contributed by atoms with Crippen molar-refractivity contribution in [2.75, 3.05) is 18.4 Å². The number of benzene rings is 1. The second kappa shape index (κ2) is 7.27. The first kappa shape index (κ1) is 17.7. The number of amides is 2. The maximum absolute atomic E-state index is 12.8. The molecule has 6 nitrogen and oxygen atoms in total. The molecule has 1 aliphatic heterocycles. The van der Waals surface area contributed by atoms with Gasteiger partial charge in [0.15, 0.2) is 0 Å². The molecule has 128 valence electrons. The maximum Gasteiger partial charge on any atom is 0.321 e. The number of carbonyl (C=O) groups excluding carboxylic acids is 1. The van der Waals surface area contributed by atoms with Gasteiger partial charge >= 0.3 is 6.03 Å². The Morgan fingerprint density at radius 1 is 1.22 bits per heavy atom. The van der Waals surface area contributed by atoms with Gasteiger partial charge in [-0.25, -0.2) is 22.3 Å². The lowest BCUT2D eigenvalue weighted by molar-refractivity contribution is 0.193. The van der Waals surface area contributed by atoms with Gasteiger partial charge in [-0.1, -0.05) is 0 Å². The summed E-state index contributed by atoms with van der Waals surface area (Å²) in [7, 11) is -3.29. The normalized spacial score (nSPS) is 16.6. The summed E-state index contributed by atoms with van der Waals surface area (Å²) >= 11 is 0. The molecule has 8 heteroatoms. The van der Waals surface area contributed by atoms with Gasteiger partial charge in [0.1, 0.15) is 5.82 Å². The van der Waals surface area contributed by atoms with Crippen LogP contribution in [0.3, 0.4) is 0 Å². The number of rotatable bonds is 4. The number of sulfonamides is 1. The van der Waals surface area contributed by atoms with Gasteiger partial charge < -0.3 is 10.2 Å². The first-order valence-corrected chi connectivity index (χ1v) is 9.15. The summed E-state index contributed by atoms with van der Waals surface area (Å²) in [5, 5.41) is 2.23. The lowest BCUT2D eigenvalue weighted by Crippen LogP contribution is -2.48. The fourth-order valence-corrected chi connectivity index (χ4v) is 3.28. The molecule has 23 heavy (non-hydrogen) atoms. The fourth-order valence-electron chi connectivity index (χ4n) is 2.30. The number of urea groups is 1. The van der Waals surface area contributed by atoms with E-state index in [1.54, 1.807) is 18.7 Å². The lowest BCUT2D eigenvalue weighted by Gasteiger charge is -2.32. The molecule has 1 heterocycles. The highest BCUT2D eigenvalue weighted by molar-refractivity contribution is 7.90. The average Bonchev–Trinajstić information content (AvgIpc) is 2.49. The highest BCUT2D eigenvalue weighted by Crippen LogP contribution is 2.15. The molecule has 1 aliphatic rings. The average molecular weight is 343 g/mol. The van der Waals surface area contributed by atoms with Crippen LogP contribution in [0, 0.1) is 5.82 Å². The third-order valence-electron chi connectivity index (χ3n) is 3.83. The molecule has 1 fully saturated rings. The third-order valence-corrected chi connectivity index (χ3v) is 5.73. The predicted octanol–water partition coefficient (Wildman–Crippen LogP) is 2.15. The Hall–Kier alpha value is -1.67. The van der Waals surface area contributed by atoms with Crippen LogP contribution in [-0.4, -0.2) is 43.7 Å². The van der Waals surface area contributed by atoms with E-state index in [0.29, 0.717) is 31.6 Å². The van der Waals surface area contributed by atoms with E-state index in [0.717, 1.165) is 0 Å². The number of hydrogen-bond acceptors (Lipinski definition) is 3. The van der Waals surface area contributed by atoms with Gasteiger partial charge in [-0.15, -0.1) is 0 Å². The van der Waals surface area contributed by atoms with Crippen LogP contribution in [0.25, 0.3) is 0 Å². The van der Waals surface area contributed by atoms with Crippen LogP contribution in [0.15, 0.2) is 24.3 Å². The van der Waals surface area contributed by atoms with Gasteiger partial charge in [-0.2, -0.15) is 0 Å². The summed E-state index contributed by atoms with van der Waals surface area (Å²) in [4.78, 5) is 13.8. The number of carbonyl (C=O) groups is 1. The summed E-state index contributed by atoms with van der Waals surface area (Å²) in [6.07, 6.45) is 1.14. The van der Waals surface area contributed by atoms with Crippen molar-refractivity contribution in [3.63, 3.8) is 0 Å². The zero-order valence-corrected chi connectivity index (χ0v) is 14.1. The number of hydrogen-bond donors (Lipinski definition) is 2. The van der Waals surface area contributed by atoms with Crippen molar-refractivity contribution in [2.24, 2.45) is 0 Å². The summed E-state index contributed by atoms with van der Waals surface area (Å²) in [6.45, 7) is 4.21. The SMILES string of the molecule is CC(C)S(=O)(=O)NC1CCN(C(=O)Nc2ccc(F)cc2)CC1. The van der Waals surface area contributed by atoms with E-state index >= 15 is 0 Å². The number of anilines is 1. The maximum atomic E-state index is 12.8. The van der Waals surface area contributed by atoms with E-state index in [2.05, 4.69) is 10.0 Å². The van der Waals surface area contributed by atoms with E-state index in [1.165, 1.54) is 24.3 Å². The van der Waals surface area contributed by atoms with E-state index in [-0.39, 0.29) is 17.9 Å². The Bertz CT molecular complexity index is 638. The molecular formula is C15H22FN3O3S. The quantitative estimate of drug-likeness (QED) is 0.879. The Labute approximate surface area is 136 Å². The highest BCUT2D eigenvalue weighted by atomic mass is 32.2. The van der Waals surface area contributed by atoms with Crippen LogP contribution in [0.1, 0.15) is 26.7 Å². The summed E-state index contributed by atoms with van der Waals surface area (Å²) in [5.41, 5.74) is 0.527. The first-order chi connectivity index (χ1) is 10.8. The minimum Gasteiger partial charge on any atom is -0.324 e. The molecule has 1 aromatic rings. The van der Waals surface area contributed by atoms with Crippen LogP contribution in [-0.2, 0) is 10.0 Å². The molecule has 1 saturated heterocycles. The zero-order chi connectivity index (χ0) is 17.0. The van der Waals surface area contributed by atoms with Gasteiger partial charge in [0, 0.05) is 24.8 Å². The van der Waals surface area contributed by atoms with Crippen LogP contribution < -0.4 is 10.0 Å². The molecule has 2 rings (SSSR count). The zero-order valence-electron chi connectivity index (χ0n) is 13.3. The Morgan fingerprint density at radius 3 is 2.30 bits per heavy atom. The smallest absolute Gasteiger partial charge is 0.321 e.